The van der Waals surface area contributed by atoms with Crippen molar-refractivity contribution in [2.45, 2.75) is 19.4 Å². The van der Waals surface area contributed by atoms with Crippen molar-refractivity contribution in [1.82, 2.24) is 0 Å². The van der Waals surface area contributed by atoms with Crippen LogP contribution in [0.25, 0.3) is 0 Å². The Morgan fingerprint density at radius 3 is 2.53 bits per heavy atom. The molecular formula is C15H14BrF2N. The highest BCUT2D eigenvalue weighted by atomic mass is 79.9. The summed E-state index contributed by atoms with van der Waals surface area (Å²) in [6, 6.07) is 9.23. The van der Waals surface area contributed by atoms with Crippen LogP contribution in [0.4, 0.5) is 8.78 Å². The van der Waals surface area contributed by atoms with Crippen molar-refractivity contribution in [3.05, 3.63) is 69.2 Å². The Kier molecular flexibility index (Phi) is 4.32. The summed E-state index contributed by atoms with van der Waals surface area (Å²) in [6.07, 6.45) is 0.457. The van der Waals surface area contributed by atoms with E-state index in [2.05, 4.69) is 15.9 Å². The van der Waals surface area contributed by atoms with E-state index in [1.54, 1.807) is 19.1 Å². The Hall–Kier alpha value is -1.26. The Morgan fingerprint density at radius 2 is 1.89 bits per heavy atom. The van der Waals surface area contributed by atoms with Crippen molar-refractivity contribution < 1.29 is 8.78 Å². The number of hydrogen-bond acceptors (Lipinski definition) is 1. The second-order valence-corrected chi connectivity index (χ2v) is 5.51. The second-order valence-electron chi connectivity index (χ2n) is 4.60. The van der Waals surface area contributed by atoms with Crippen molar-refractivity contribution in [1.29, 1.82) is 0 Å². The maximum Gasteiger partial charge on any atom is 0.126 e. The molecule has 1 unspecified atom stereocenters. The molecular weight excluding hydrogens is 312 g/mol. The average molecular weight is 326 g/mol. The standard InChI is InChI=1S/C15H14BrF2N/c1-9-2-3-11(7-14(9)18)15(19)6-10-4-12(16)8-13(17)5-10/h2-5,7-8,15H,6,19H2,1H3. The molecule has 2 rings (SSSR count). The molecule has 0 aliphatic carbocycles. The largest absolute Gasteiger partial charge is 0.324 e. The fraction of sp³-hybridized carbons (Fsp3) is 0.200. The smallest absolute Gasteiger partial charge is 0.126 e. The molecule has 0 fully saturated rings. The highest BCUT2D eigenvalue weighted by Crippen LogP contribution is 2.21. The zero-order chi connectivity index (χ0) is 14.0. The summed E-state index contributed by atoms with van der Waals surface area (Å²) in [4.78, 5) is 0. The van der Waals surface area contributed by atoms with Gasteiger partial charge in [-0.05, 0) is 54.3 Å². The summed E-state index contributed by atoms with van der Waals surface area (Å²) in [5, 5.41) is 0. The molecule has 2 N–H and O–H groups in total. The van der Waals surface area contributed by atoms with E-state index in [-0.39, 0.29) is 17.7 Å². The molecule has 1 nitrogen and oxygen atoms in total. The highest BCUT2D eigenvalue weighted by molar-refractivity contribution is 9.10. The van der Waals surface area contributed by atoms with Crippen LogP contribution in [0.3, 0.4) is 0 Å². The van der Waals surface area contributed by atoms with Gasteiger partial charge in [-0.3, -0.25) is 0 Å². The lowest BCUT2D eigenvalue weighted by atomic mass is 9.98. The number of halogens is 3. The van der Waals surface area contributed by atoms with E-state index in [9.17, 15) is 8.78 Å². The third-order valence-electron chi connectivity index (χ3n) is 3.00. The molecule has 0 saturated heterocycles. The Balaban J connectivity index is 2.20. The van der Waals surface area contributed by atoms with E-state index in [0.29, 0.717) is 22.0 Å². The van der Waals surface area contributed by atoms with Crippen molar-refractivity contribution >= 4 is 15.9 Å². The van der Waals surface area contributed by atoms with Crippen LogP contribution in [-0.4, -0.2) is 0 Å². The van der Waals surface area contributed by atoms with Crippen LogP contribution >= 0.6 is 15.9 Å². The van der Waals surface area contributed by atoms with Gasteiger partial charge in [0.1, 0.15) is 11.6 Å². The second kappa shape index (κ2) is 5.80. The Bertz CT molecular complexity index is 578. The molecule has 19 heavy (non-hydrogen) atoms. The van der Waals surface area contributed by atoms with Crippen LogP contribution < -0.4 is 5.73 Å². The van der Waals surface area contributed by atoms with E-state index < -0.39 is 0 Å². The summed E-state index contributed by atoms with van der Waals surface area (Å²) in [7, 11) is 0. The van der Waals surface area contributed by atoms with E-state index in [4.69, 9.17) is 5.73 Å². The number of aryl methyl sites for hydroxylation is 1. The quantitative estimate of drug-likeness (QED) is 0.895. The van der Waals surface area contributed by atoms with E-state index >= 15 is 0 Å². The predicted molar refractivity (Wildman–Crippen MR) is 75.9 cm³/mol. The van der Waals surface area contributed by atoms with E-state index in [1.165, 1.54) is 18.2 Å². The molecule has 0 aliphatic heterocycles. The predicted octanol–water partition coefficient (Wildman–Crippen LogP) is 4.28. The molecule has 0 heterocycles. The van der Waals surface area contributed by atoms with Gasteiger partial charge in [-0.1, -0.05) is 28.1 Å². The molecule has 0 saturated carbocycles. The van der Waals surface area contributed by atoms with Gasteiger partial charge in [-0.25, -0.2) is 8.78 Å². The summed E-state index contributed by atoms with van der Waals surface area (Å²) in [5.74, 6) is -0.583. The number of rotatable bonds is 3. The van der Waals surface area contributed by atoms with Gasteiger partial charge in [-0.2, -0.15) is 0 Å². The molecule has 1 atom stereocenters. The molecule has 100 valence electrons. The van der Waals surface area contributed by atoms with Crippen LogP contribution in [0.2, 0.25) is 0 Å². The van der Waals surface area contributed by atoms with Crippen molar-refractivity contribution in [2.24, 2.45) is 5.73 Å². The van der Waals surface area contributed by atoms with Gasteiger partial charge in [0, 0.05) is 10.5 Å². The first kappa shape index (κ1) is 14.2. The Labute approximate surface area is 119 Å². The minimum absolute atomic E-state index is 0.270. The fourth-order valence-corrected chi connectivity index (χ4v) is 2.45. The summed E-state index contributed by atoms with van der Waals surface area (Å²) < 4.78 is 27.4. The van der Waals surface area contributed by atoms with Gasteiger partial charge in [0.25, 0.3) is 0 Å². The van der Waals surface area contributed by atoms with E-state index in [0.717, 1.165) is 5.56 Å². The SMILES string of the molecule is Cc1ccc(C(N)Cc2cc(F)cc(Br)c2)cc1F. The lowest BCUT2D eigenvalue weighted by Crippen LogP contribution is -2.14. The molecule has 0 bridgehead atoms. The first-order valence-corrected chi connectivity index (χ1v) is 6.71. The third-order valence-corrected chi connectivity index (χ3v) is 3.46. The van der Waals surface area contributed by atoms with Crippen LogP contribution in [0, 0.1) is 18.6 Å². The van der Waals surface area contributed by atoms with Gasteiger partial charge < -0.3 is 5.73 Å². The molecule has 0 amide bonds. The molecule has 2 aromatic rings. The third kappa shape index (κ3) is 3.61. The van der Waals surface area contributed by atoms with Crippen LogP contribution in [0.15, 0.2) is 40.9 Å². The summed E-state index contributed by atoms with van der Waals surface area (Å²) in [5.41, 5.74) is 8.12. The Morgan fingerprint density at radius 1 is 1.16 bits per heavy atom. The number of nitrogens with two attached hydrogens (primary N) is 1. The van der Waals surface area contributed by atoms with Gasteiger partial charge in [0.05, 0.1) is 0 Å². The summed E-state index contributed by atoms with van der Waals surface area (Å²) >= 11 is 3.24. The number of benzene rings is 2. The maximum absolute atomic E-state index is 13.5. The summed E-state index contributed by atoms with van der Waals surface area (Å²) in [6.45, 7) is 1.70. The zero-order valence-corrected chi connectivity index (χ0v) is 12.0. The van der Waals surface area contributed by atoms with Crippen LogP contribution in [0.1, 0.15) is 22.7 Å². The van der Waals surface area contributed by atoms with Gasteiger partial charge in [-0.15, -0.1) is 0 Å². The monoisotopic (exact) mass is 325 g/mol. The normalized spacial score (nSPS) is 12.5. The lowest BCUT2D eigenvalue weighted by molar-refractivity contribution is 0.607. The molecule has 0 radical (unpaired) electrons. The molecule has 4 heteroatoms. The molecule has 0 aliphatic rings. The fourth-order valence-electron chi connectivity index (χ4n) is 1.94. The first-order chi connectivity index (χ1) is 8.95. The van der Waals surface area contributed by atoms with Gasteiger partial charge in [0.15, 0.2) is 0 Å². The van der Waals surface area contributed by atoms with Crippen molar-refractivity contribution in [3.63, 3.8) is 0 Å². The van der Waals surface area contributed by atoms with Gasteiger partial charge >= 0.3 is 0 Å². The topological polar surface area (TPSA) is 26.0 Å². The lowest BCUT2D eigenvalue weighted by Gasteiger charge is -2.13. The van der Waals surface area contributed by atoms with Crippen LogP contribution in [0.5, 0.6) is 0 Å². The average Bonchev–Trinajstić information content (AvgIpc) is 2.31. The van der Waals surface area contributed by atoms with Crippen molar-refractivity contribution in [2.75, 3.05) is 0 Å². The highest BCUT2D eigenvalue weighted by Gasteiger charge is 2.10. The van der Waals surface area contributed by atoms with Crippen LogP contribution in [-0.2, 0) is 6.42 Å². The number of hydrogen-bond donors (Lipinski definition) is 1. The van der Waals surface area contributed by atoms with Crippen molar-refractivity contribution in [3.8, 4) is 0 Å². The molecule has 2 aromatic carbocycles. The first-order valence-electron chi connectivity index (χ1n) is 5.92. The van der Waals surface area contributed by atoms with Gasteiger partial charge in [0.2, 0.25) is 0 Å². The minimum Gasteiger partial charge on any atom is -0.324 e. The minimum atomic E-state index is -0.358. The zero-order valence-electron chi connectivity index (χ0n) is 10.5. The van der Waals surface area contributed by atoms with E-state index in [1.807, 2.05) is 6.07 Å². The molecule has 0 aromatic heterocycles. The maximum atomic E-state index is 13.5. The molecule has 0 spiro atoms.